The molecule has 158 valence electrons. The van der Waals surface area contributed by atoms with E-state index in [1.54, 1.807) is 12.1 Å². The highest BCUT2D eigenvalue weighted by atomic mass is 32.2. The smallest absolute Gasteiger partial charge is 0.243 e. The molecule has 2 aromatic carbocycles. The number of nitrogens with zero attached hydrogens (tertiary/aromatic N) is 1. The largest absolute Gasteiger partial charge is 0.494 e. The summed E-state index contributed by atoms with van der Waals surface area (Å²) in [6, 6.07) is 15.5. The molecule has 0 saturated carbocycles. The van der Waals surface area contributed by atoms with Crippen LogP contribution in [0.5, 0.6) is 5.75 Å². The maximum absolute atomic E-state index is 13.2. The SMILES string of the molecule is CCOc1ccc(S(=O)(=O)N(CC(=O)NCC(C)(C)C)Cc2ccccc2)cc1. The number of rotatable bonds is 9. The number of sulfonamides is 1. The van der Waals surface area contributed by atoms with E-state index in [0.717, 1.165) is 5.56 Å². The third-order valence-corrected chi connectivity index (χ3v) is 5.92. The fourth-order valence-corrected chi connectivity index (χ4v) is 4.00. The Labute approximate surface area is 173 Å². The predicted octanol–water partition coefficient (Wildman–Crippen LogP) is 3.44. The second-order valence-corrected chi connectivity index (χ2v) is 9.94. The molecule has 7 heteroatoms. The fraction of sp³-hybridized carbons (Fsp3) is 0.409. The number of amides is 1. The maximum atomic E-state index is 13.2. The number of nitrogens with one attached hydrogen (secondary N) is 1. The van der Waals surface area contributed by atoms with Gasteiger partial charge in [-0.25, -0.2) is 8.42 Å². The molecule has 0 radical (unpaired) electrons. The zero-order valence-electron chi connectivity index (χ0n) is 17.5. The minimum absolute atomic E-state index is 0.0894. The number of carbonyl (C=O) groups is 1. The van der Waals surface area contributed by atoms with Crippen LogP contribution in [0.2, 0.25) is 0 Å². The number of hydrogen-bond acceptors (Lipinski definition) is 4. The van der Waals surface area contributed by atoms with Gasteiger partial charge in [-0.15, -0.1) is 0 Å². The van der Waals surface area contributed by atoms with E-state index in [4.69, 9.17) is 4.74 Å². The first kappa shape index (κ1) is 22.9. The van der Waals surface area contributed by atoms with Gasteiger partial charge >= 0.3 is 0 Å². The van der Waals surface area contributed by atoms with E-state index in [1.165, 1.54) is 16.4 Å². The highest BCUT2D eigenvalue weighted by molar-refractivity contribution is 7.89. The fourth-order valence-electron chi connectivity index (χ4n) is 2.62. The summed E-state index contributed by atoms with van der Waals surface area (Å²) in [5, 5.41) is 2.82. The normalized spacial score (nSPS) is 12.0. The van der Waals surface area contributed by atoms with Crippen molar-refractivity contribution >= 4 is 15.9 Å². The summed E-state index contributed by atoms with van der Waals surface area (Å²) in [6.07, 6.45) is 0. The molecule has 0 heterocycles. The van der Waals surface area contributed by atoms with Gasteiger partial charge in [-0.3, -0.25) is 4.79 Å². The van der Waals surface area contributed by atoms with Crippen LogP contribution in [0.4, 0.5) is 0 Å². The second kappa shape index (κ2) is 9.89. The Morgan fingerprint density at radius 2 is 1.66 bits per heavy atom. The second-order valence-electron chi connectivity index (χ2n) is 8.00. The van der Waals surface area contributed by atoms with Crippen LogP contribution in [0.1, 0.15) is 33.3 Å². The zero-order valence-corrected chi connectivity index (χ0v) is 18.3. The van der Waals surface area contributed by atoms with Gasteiger partial charge in [0.2, 0.25) is 15.9 Å². The van der Waals surface area contributed by atoms with Crippen molar-refractivity contribution in [3.05, 3.63) is 60.2 Å². The van der Waals surface area contributed by atoms with E-state index in [9.17, 15) is 13.2 Å². The zero-order chi connectivity index (χ0) is 21.5. The molecule has 0 bridgehead atoms. The van der Waals surface area contributed by atoms with Crippen LogP contribution in [-0.4, -0.2) is 38.3 Å². The van der Waals surface area contributed by atoms with Crippen LogP contribution in [-0.2, 0) is 21.4 Å². The topological polar surface area (TPSA) is 75.7 Å². The van der Waals surface area contributed by atoms with Crippen molar-refractivity contribution in [1.29, 1.82) is 0 Å². The van der Waals surface area contributed by atoms with Crippen LogP contribution in [0.3, 0.4) is 0 Å². The summed E-state index contributed by atoms with van der Waals surface area (Å²) in [6.45, 7) is 8.71. The van der Waals surface area contributed by atoms with Crippen molar-refractivity contribution in [2.24, 2.45) is 5.41 Å². The van der Waals surface area contributed by atoms with Crippen LogP contribution in [0, 0.1) is 5.41 Å². The minimum Gasteiger partial charge on any atom is -0.494 e. The first-order chi connectivity index (χ1) is 13.6. The lowest BCUT2D eigenvalue weighted by Gasteiger charge is -2.24. The lowest BCUT2D eigenvalue weighted by atomic mass is 9.97. The highest BCUT2D eigenvalue weighted by Crippen LogP contribution is 2.21. The van der Waals surface area contributed by atoms with E-state index in [-0.39, 0.29) is 29.3 Å². The van der Waals surface area contributed by atoms with Crippen LogP contribution < -0.4 is 10.1 Å². The van der Waals surface area contributed by atoms with Gasteiger partial charge < -0.3 is 10.1 Å². The van der Waals surface area contributed by atoms with Gasteiger partial charge in [-0.05, 0) is 42.2 Å². The van der Waals surface area contributed by atoms with Crippen molar-refractivity contribution in [3.63, 3.8) is 0 Å². The van der Waals surface area contributed by atoms with Crippen molar-refractivity contribution in [2.75, 3.05) is 19.7 Å². The molecule has 2 rings (SSSR count). The number of ether oxygens (including phenoxy) is 1. The molecule has 29 heavy (non-hydrogen) atoms. The quantitative estimate of drug-likeness (QED) is 0.677. The standard InChI is InChI=1S/C22H30N2O4S/c1-5-28-19-11-13-20(14-12-19)29(26,27)24(15-18-9-7-6-8-10-18)16-21(25)23-17-22(2,3)4/h6-14H,5,15-17H2,1-4H3,(H,23,25). The van der Waals surface area contributed by atoms with E-state index < -0.39 is 10.0 Å². The summed E-state index contributed by atoms with van der Waals surface area (Å²) in [7, 11) is -3.86. The Morgan fingerprint density at radius 1 is 1.03 bits per heavy atom. The lowest BCUT2D eigenvalue weighted by Crippen LogP contribution is -2.42. The molecule has 0 aliphatic rings. The highest BCUT2D eigenvalue weighted by Gasteiger charge is 2.27. The number of carbonyl (C=O) groups excluding carboxylic acids is 1. The summed E-state index contributed by atoms with van der Waals surface area (Å²) >= 11 is 0. The van der Waals surface area contributed by atoms with Gasteiger partial charge in [-0.1, -0.05) is 51.1 Å². The van der Waals surface area contributed by atoms with Crippen molar-refractivity contribution < 1.29 is 17.9 Å². The summed E-state index contributed by atoms with van der Waals surface area (Å²) in [5.74, 6) is 0.273. The first-order valence-corrected chi connectivity index (χ1v) is 11.1. The van der Waals surface area contributed by atoms with Gasteiger partial charge in [0.25, 0.3) is 0 Å². The first-order valence-electron chi connectivity index (χ1n) is 9.65. The molecule has 0 atom stereocenters. The molecule has 0 saturated heterocycles. The van der Waals surface area contributed by atoms with Crippen molar-refractivity contribution in [1.82, 2.24) is 9.62 Å². The summed E-state index contributed by atoms with van der Waals surface area (Å²) in [5.41, 5.74) is 0.721. The van der Waals surface area contributed by atoms with Gasteiger partial charge in [0.15, 0.2) is 0 Å². The molecular formula is C22H30N2O4S. The van der Waals surface area contributed by atoms with E-state index in [1.807, 2.05) is 58.0 Å². The van der Waals surface area contributed by atoms with Gasteiger partial charge in [0.05, 0.1) is 18.0 Å². The average molecular weight is 419 g/mol. The van der Waals surface area contributed by atoms with E-state index >= 15 is 0 Å². The number of hydrogen-bond donors (Lipinski definition) is 1. The van der Waals surface area contributed by atoms with Gasteiger partial charge in [-0.2, -0.15) is 4.31 Å². The van der Waals surface area contributed by atoms with Gasteiger partial charge in [0, 0.05) is 13.1 Å². The molecule has 0 unspecified atom stereocenters. The molecule has 1 amide bonds. The molecule has 2 aromatic rings. The Hall–Kier alpha value is -2.38. The molecule has 6 nitrogen and oxygen atoms in total. The van der Waals surface area contributed by atoms with Crippen molar-refractivity contribution in [3.8, 4) is 5.75 Å². The molecule has 0 aliphatic carbocycles. The molecule has 0 aliphatic heterocycles. The Kier molecular flexibility index (Phi) is 7.81. The average Bonchev–Trinajstić information content (AvgIpc) is 2.67. The third-order valence-electron chi connectivity index (χ3n) is 4.11. The molecular weight excluding hydrogens is 388 g/mol. The van der Waals surface area contributed by atoms with Crippen LogP contribution >= 0.6 is 0 Å². The predicted molar refractivity (Wildman–Crippen MR) is 114 cm³/mol. The Morgan fingerprint density at radius 3 is 2.21 bits per heavy atom. The van der Waals surface area contributed by atoms with Crippen molar-refractivity contribution in [2.45, 2.75) is 39.1 Å². The molecule has 0 fully saturated rings. The monoisotopic (exact) mass is 418 g/mol. The lowest BCUT2D eigenvalue weighted by molar-refractivity contribution is -0.121. The minimum atomic E-state index is -3.86. The third kappa shape index (κ3) is 7.18. The number of benzene rings is 2. The Bertz CT molecular complexity index is 889. The Balaban J connectivity index is 2.25. The van der Waals surface area contributed by atoms with E-state index in [0.29, 0.717) is 18.9 Å². The summed E-state index contributed by atoms with van der Waals surface area (Å²) < 4.78 is 33.1. The van der Waals surface area contributed by atoms with Crippen LogP contribution in [0.25, 0.3) is 0 Å². The van der Waals surface area contributed by atoms with E-state index in [2.05, 4.69) is 5.32 Å². The summed E-state index contributed by atoms with van der Waals surface area (Å²) in [4.78, 5) is 12.6. The maximum Gasteiger partial charge on any atom is 0.243 e. The molecule has 1 N–H and O–H groups in total. The van der Waals surface area contributed by atoms with Gasteiger partial charge in [0.1, 0.15) is 5.75 Å². The van der Waals surface area contributed by atoms with Crippen LogP contribution in [0.15, 0.2) is 59.5 Å². The molecule has 0 aromatic heterocycles. The molecule has 0 spiro atoms.